The van der Waals surface area contributed by atoms with E-state index < -0.39 is 11.4 Å². The maximum absolute atomic E-state index is 12.0. The molecular weight excluding hydrogens is 252 g/mol. The molecule has 2 aliphatic rings. The molecule has 1 radical (unpaired) electrons. The third kappa shape index (κ3) is 2.00. The molecule has 2 unspecified atom stereocenters. The van der Waals surface area contributed by atoms with Crippen LogP contribution >= 0.6 is 11.8 Å². The first-order valence-corrected chi connectivity index (χ1v) is 6.23. The molecule has 2 amide bonds. The number of hydrogen-bond acceptors (Lipinski definition) is 4. The summed E-state index contributed by atoms with van der Waals surface area (Å²) in [6.07, 6.45) is 2.50. The summed E-state index contributed by atoms with van der Waals surface area (Å²) in [5.41, 5.74) is 3.01. The van der Waals surface area contributed by atoms with Gasteiger partial charge in [-0.3, -0.25) is 14.4 Å². The molecule has 0 aliphatic carbocycles. The molecule has 0 saturated carbocycles. The van der Waals surface area contributed by atoms with Gasteiger partial charge in [-0.1, -0.05) is 6.07 Å². The monoisotopic (exact) mass is 261 g/mol. The predicted molar refractivity (Wildman–Crippen MR) is 65.7 cm³/mol. The van der Waals surface area contributed by atoms with Crippen LogP contribution in [0.2, 0.25) is 0 Å². The number of amides is 2. The van der Waals surface area contributed by atoms with E-state index in [4.69, 9.17) is 4.84 Å². The van der Waals surface area contributed by atoms with E-state index in [2.05, 4.69) is 16.9 Å². The molecule has 1 aromatic rings. The molecule has 0 spiro atoms. The first-order chi connectivity index (χ1) is 8.74. The molecule has 0 aromatic heterocycles. The Kier molecular flexibility index (Phi) is 2.81. The minimum atomic E-state index is -0.468. The van der Waals surface area contributed by atoms with Gasteiger partial charge in [0.2, 0.25) is 5.91 Å². The third-order valence-corrected chi connectivity index (χ3v) is 3.97. The summed E-state index contributed by atoms with van der Waals surface area (Å²) >= 11 is 1.41. The summed E-state index contributed by atoms with van der Waals surface area (Å²) in [5, 5.41) is 2.38. The van der Waals surface area contributed by atoms with Crippen molar-refractivity contribution in [3.8, 4) is 0 Å². The van der Waals surface area contributed by atoms with Gasteiger partial charge < -0.3 is 5.32 Å². The number of hydrogen-bond donors (Lipinski definition) is 2. The van der Waals surface area contributed by atoms with Crippen molar-refractivity contribution < 1.29 is 14.4 Å². The van der Waals surface area contributed by atoms with E-state index in [-0.39, 0.29) is 11.8 Å². The van der Waals surface area contributed by atoms with Gasteiger partial charge in [-0.2, -0.15) is 0 Å². The topological polar surface area (TPSA) is 67.4 Å². The number of nitrogens with one attached hydrogen (secondary N) is 2. The van der Waals surface area contributed by atoms with Crippen molar-refractivity contribution in [2.24, 2.45) is 0 Å². The molecule has 1 aromatic carbocycles. The minimum Gasteiger partial charge on any atom is -0.324 e. The number of benzene rings is 1. The number of carbonyl (C=O) groups is 2. The van der Waals surface area contributed by atoms with Gasteiger partial charge >= 0.3 is 0 Å². The van der Waals surface area contributed by atoms with Gasteiger partial charge in [0.05, 0.1) is 5.69 Å². The number of rotatable bonds is 1. The highest BCUT2D eigenvalue weighted by atomic mass is 32.2. The fraction of sp³-hybridized carbons (Fsp3) is 0.167. The second-order valence-corrected chi connectivity index (χ2v) is 5.04. The molecule has 2 N–H and O–H groups in total. The summed E-state index contributed by atoms with van der Waals surface area (Å²) in [7, 11) is 0. The molecule has 0 fully saturated rings. The average molecular weight is 261 g/mol. The van der Waals surface area contributed by atoms with Crippen LogP contribution in [-0.4, -0.2) is 23.2 Å². The van der Waals surface area contributed by atoms with E-state index in [1.165, 1.54) is 17.8 Å². The van der Waals surface area contributed by atoms with E-state index in [1.807, 2.05) is 6.07 Å². The summed E-state index contributed by atoms with van der Waals surface area (Å²) < 4.78 is 0. The van der Waals surface area contributed by atoms with Crippen LogP contribution in [0.1, 0.15) is 0 Å². The molecule has 0 saturated heterocycles. The van der Waals surface area contributed by atoms with Gasteiger partial charge in [0, 0.05) is 11.0 Å². The zero-order valence-corrected chi connectivity index (χ0v) is 9.99. The molecule has 2 atom stereocenters. The summed E-state index contributed by atoms with van der Waals surface area (Å²) in [5.74, 6) is -0.458. The Hall–Kier alpha value is -1.79. The molecule has 2 aliphatic heterocycles. The lowest BCUT2D eigenvalue weighted by Crippen LogP contribution is -2.44. The van der Waals surface area contributed by atoms with Gasteiger partial charge in [0.15, 0.2) is 0 Å². The van der Waals surface area contributed by atoms with Crippen molar-refractivity contribution in [1.82, 2.24) is 5.48 Å². The number of fused-ring (bicyclic) bond motifs is 1. The molecular formula is C12H9N2O3S. The van der Waals surface area contributed by atoms with Crippen molar-refractivity contribution in [2.75, 3.05) is 5.32 Å². The van der Waals surface area contributed by atoms with Crippen LogP contribution in [0.4, 0.5) is 5.69 Å². The Labute approximate surface area is 108 Å². The fourth-order valence-electron chi connectivity index (χ4n) is 1.77. The van der Waals surface area contributed by atoms with Gasteiger partial charge in [-0.25, -0.2) is 5.48 Å². The number of carbonyl (C=O) groups excluding carboxylic acids is 2. The molecule has 6 heteroatoms. The zero-order valence-electron chi connectivity index (χ0n) is 9.17. The van der Waals surface area contributed by atoms with Crippen molar-refractivity contribution in [3.63, 3.8) is 0 Å². The summed E-state index contributed by atoms with van der Waals surface area (Å²) in [6.45, 7) is 0. The highest BCUT2D eigenvalue weighted by Gasteiger charge is 2.35. The Morgan fingerprint density at radius 3 is 3.06 bits per heavy atom. The van der Waals surface area contributed by atoms with Gasteiger partial charge in [-0.05, 0) is 24.3 Å². The van der Waals surface area contributed by atoms with Crippen LogP contribution in [0.3, 0.4) is 0 Å². The molecule has 91 valence electrons. The van der Waals surface area contributed by atoms with E-state index >= 15 is 0 Å². The second-order valence-electron chi connectivity index (χ2n) is 3.86. The predicted octanol–water partition coefficient (Wildman–Crippen LogP) is 0.886. The Balaban J connectivity index is 1.85. The summed E-state index contributed by atoms with van der Waals surface area (Å²) in [6, 6.07) is 8.32. The maximum Gasteiger partial charge on any atom is 0.267 e. The van der Waals surface area contributed by atoms with Crippen molar-refractivity contribution in [3.05, 3.63) is 36.4 Å². The fourth-order valence-corrected chi connectivity index (χ4v) is 2.87. The zero-order chi connectivity index (χ0) is 12.5. The van der Waals surface area contributed by atoms with E-state index in [0.717, 1.165) is 10.6 Å². The highest BCUT2D eigenvalue weighted by Crippen LogP contribution is 2.37. The first kappa shape index (κ1) is 11.3. The molecule has 5 nitrogen and oxygen atoms in total. The third-order valence-electron chi connectivity index (χ3n) is 2.63. The molecule has 3 rings (SSSR count). The first-order valence-electron chi connectivity index (χ1n) is 5.35. The lowest BCUT2D eigenvalue weighted by Gasteiger charge is -2.29. The maximum atomic E-state index is 12.0. The van der Waals surface area contributed by atoms with Crippen LogP contribution in [0.25, 0.3) is 0 Å². The quantitative estimate of drug-likeness (QED) is 0.787. The lowest BCUT2D eigenvalue weighted by atomic mass is 10.2. The Bertz CT molecular complexity index is 544. The van der Waals surface area contributed by atoms with Gasteiger partial charge in [-0.15, -0.1) is 11.8 Å². The van der Waals surface area contributed by atoms with Crippen molar-refractivity contribution in [2.45, 2.75) is 16.2 Å². The van der Waals surface area contributed by atoms with E-state index in [1.54, 1.807) is 18.2 Å². The Morgan fingerprint density at radius 1 is 1.39 bits per heavy atom. The molecule has 0 bridgehead atoms. The molecule has 18 heavy (non-hydrogen) atoms. The number of hydroxylamine groups is 1. The Morgan fingerprint density at radius 2 is 2.28 bits per heavy atom. The van der Waals surface area contributed by atoms with Crippen LogP contribution < -0.4 is 10.8 Å². The van der Waals surface area contributed by atoms with Crippen molar-refractivity contribution >= 4 is 29.3 Å². The van der Waals surface area contributed by atoms with Crippen molar-refractivity contribution in [1.29, 1.82) is 0 Å². The van der Waals surface area contributed by atoms with Crippen LogP contribution in [0.5, 0.6) is 0 Å². The molecule has 2 heterocycles. The van der Waals surface area contributed by atoms with Crippen LogP contribution in [0.15, 0.2) is 35.2 Å². The SMILES string of the molecule is O=C1C=CC(C2Sc3cc[c]cc3NC2=O)ON1. The minimum absolute atomic E-state index is 0.141. The van der Waals surface area contributed by atoms with E-state index in [9.17, 15) is 9.59 Å². The van der Waals surface area contributed by atoms with E-state index in [0.29, 0.717) is 0 Å². The highest BCUT2D eigenvalue weighted by molar-refractivity contribution is 8.01. The average Bonchev–Trinajstić information content (AvgIpc) is 2.39. The van der Waals surface area contributed by atoms with Crippen LogP contribution in [0, 0.1) is 6.07 Å². The number of anilines is 1. The second kappa shape index (κ2) is 4.47. The number of thioether (sulfide) groups is 1. The smallest absolute Gasteiger partial charge is 0.267 e. The largest absolute Gasteiger partial charge is 0.324 e. The lowest BCUT2D eigenvalue weighted by molar-refractivity contribution is -0.135. The van der Waals surface area contributed by atoms with Crippen LogP contribution in [-0.2, 0) is 14.4 Å². The summed E-state index contributed by atoms with van der Waals surface area (Å²) in [4.78, 5) is 29.0. The normalized spacial score (nSPS) is 26.2. The standard InChI is InChI=1S/C12H9N2O3S/c15-10-6-5-8(17-14-10)11-12(16)13-7-3-1-2-4-9(7)18-11/h2-6,8,11H,(H,13,16)(H,14,15). The van der Waals surface area contributed by atoms with Gasteiger partial charge in [0.25, 0.3) is 5.91 Å². The van der Waals surface area contributed by atoms with Gasteiger partial charge in [0.1, 0.15) is 11.4 Å².